The summed E-state index contributed by atoms with van der Waals surface area (Å²) >= 11 is 0. The van der Waals surface area contributed by atoms with Crippen molar-refractivity contribution in [1.82, 2.24) is 4.98 Å². The lowest BCUT2D eigenvalue weighted by Gasteiger charge is -2.44. The number of rotatable bonds is 6. The predicted molar refractivity (Wildman–Crippen MR) is 251 cm³/mol. The van der Waals surface area contributed by atoms with E-state index in [9.17, 15) is 0 Å². The van der Waals surface area contributed by atoms with Gasteiger partial charge in [-0.15, -0.1) is 0 Å². The Morgan fingerprint density at radius 1 is 0.492 bits per heavy atom. The Hall–Kier alpha value is -6.27. The lowest BCUT2D eigenvalue weighted by atomic mass is 9.33. The molecule has 0 fully saturated rings. The van der Waals surface area contributed by atoms with Gasteiger partial charge in [-0.2, -0.15) is 0 Å². The number of hydrogen-bond donors (Lipinski definition) is 0. The monoisotopic (exact) mass is 772 g/mol. The van der Waals surface area contributed by atoms with Crippen molar-refractivity contribution in [2.24, 2.45) is 0 Å². The third-order valence-corrected chi connectivity index (χ3v) is 11.4. The van der Waals surface area contributed by atoms with Crippen LogP contribution in [-0.4, -0.2) is 17.3 Å². The number of nitrogens with zero attached hydrogens (tertiary/aromatic N) is 4. The summed E-state index contributed by atoms with van der Waals surface area (Å²) in [6.07, 6.45) is 0. The summed E-state index contributed by atoms with van der Waals surface area (Å²) in [6.45, 7) is 19.8. The van der Waals surface area contributed by atoms with Crippen LogP contribution in [0.5, 0.6) is 5.75 Å². The highest BCUT2D eigenvalue weighted by Crippen LogP contribution is 2.47. The van der Waals surface area contributed by atoms with Gasteiger partial charge in [0.1, 0.15) is 23.0 Å². The zero-order valence-electron chi connectivity index (χ0n) is 35.8. The van der Waals surface area contributed by atoms with E-state index in [4.69, 9.17) is 9.72 Å². The third-order valence-electron chi connectivity index (χ3n) is 11.4. The Morgan fingerprint density at radius 3 is 1.51 bits per heavy atom. The number of pyridine rings is 1. The highest BCUT2D eigenvalue weighted by Gasteiger charge is 2.44. The van der Waals surface area contributed by atoms with Crippen molar-refractivity contribution in [2.75, 3.05) is 14.7 Å². The van der Waals surface area contributed by atoms with Crippen LogP contribution < -0.4 is 35.8 Å². The molecule has 5 nitrogen and oxygen atoms in total. The summed E-state index contributed by atoms with van der Waals surface area (Å²) in [5.74, 6) is 2.55. The van der Waals surface area contributed by atoms with Crippen LogP contribution in [0, 0.1) is 0 Å². The molecule has 1 aromatic heterocycles. The van der Waals surface area contributed by atoms with Crippen molar-refractivity contribution in [3.63, 3.8) is 0 Å². The first-order chi connectivity index (χ1) is 28.2. The molecule has 0 N–H and O–H groups in total. The van der Waals surface area contributed by atoms with E-state index < -0.39 is 5.60 Å². The first-order valence-electron chi connectivity index (χ1n) is 20.8. The van der Waals surface area contributed by atoms with Crippen LogP contribution in [0.2, 0.25) is 0 Å². The zero-order valence-corrected chi connectivity index (χ0v) is 35.8. The van der Waals surface area contributed by atoms with E-state index in [0.29, 0.717) is 0 Å². The average molecular weight is 773 g/mol. The standard InChI is InChI=1S/C53H53BN4O/c1-51(2,3)36-24-28-40(29-25-36)56(41-30-26-37(27-31-41)52(4,5)6)48-33-32-44-50(55-48)58(39-20-14-11-15-21-39)47-35-42(59-53(7,8)9)34-46-49(47)54(44)43-22-16-17-23-45(43)57(46)38-18-12-10-13-19-38/h10-35H,1-9H3. The Kier molecular flexibility index (Phi) is 9.23. The molecule has 0 saturated carbocycles. The van der Waals surface area contributed by atoms with E-state index >= 15 is 0 Å². The minimum Gasteiger partial charge on any atom is -0.488 e. The Balaban J connectivity index is 1.31. The average Bonchev–Trinajstić information content (AvgIpc) is 3.20. The van der Waals surface area contributed by atoms with Gasteiger partial charge in [-0.25, -0.2) is 4.98 Å². The van der Waals surface area contributed by atoms with Crippen LogP contribution >= 0.6 is 0 Å². The largest absolute Gasteiger partial charge is 0.488 e. The molecular formula is C53H53BN4O. The molecular weight excluding hydrogens is 719 g/mol. The second-order valence-electron chi connectivity index (χ2n) is 18.9. The highest BCUT2D eigenvalue weighted by molar-refractivity contribution is 7.00. The summed E-state index contributed by atoms with van der Waals surface area (Å²) in [6, 6.07) is 57.2. The number of aromatic nitrogens is 1. The molecule has 2 aliphatic rings. The van der Waals surface area contributed by atoms with Crippen molar-refractivity contribution in [3.8, 4) is 5.75 Å². The van der Waals surface area contributed by atoms with Crippen LogP contribution in [0.4, 0.5) is 51.4 Å². The quantitative estimate of drug-likeness (QED) is 0.157. The van der Waals surface area contributed by atoms with Crippen LogP contribution in [0.25, 0.3) is 0 Å². The second kappa shape index (κ2) is 14.2. The van der Waals surface area contributed by atoms with Gasteiger partial charge < -0.3 is 9.64 Å². The van der Waals surface area contributed by atoms with E-state index in [2.05, 4.69) is 235 Å². The number of benzene rings is 6. The van der Waals surface area contributed by atoms with Gasteiger partial charge in [0, 0.05) is 51.9 Å². The maximum Gasteiger partial charge on any atom is 0.254 e. The summed E-state index contributed by atoms with van der Waals surface area (Å²) in [5, 5.41) is 0. The van der Waals surface area contributed by atoms with Gasteiger partial charge in [0.25, 0.3) is 6.71 Å². The summed E-state index contributed by atoms with van der Waals surface area (Å²) in [7, 11) is 0. The van der Waals surface area contributed by atoms with Crippen LogP contribution in [0.15, 0.2) is 158 Å². The van der Waals surface area contributed by atoms with E-state index in [1.807, 2.05) is 0 Å². The van der Waals surface area contributed by atoms with Crippen molar-refractivity contribution in [3.05, 3.63) is 169 Å². The van der Waals surface area contributed by atoms with Crippen molar-refractivity contribution >= 4 is 74.5 Å². The fourth-order valence-electron chi connectivity index (χ4n) is 8.64. The second-order valence-corrected chi connectivity index (χ2v) is 18.9. The van der Waals surface area contributed by atoms with Crippen molar-refractivity contribution in [1.29, 1.82) is 0 Å². The predicted octanol–water partition coefficient (Wildman–Crippen LogP) is 12.4. The van der Waals surface area contributed by atoms with E-state index in [1.54, 1.807) is 0 Å². The number of para-hydroxylation sites is 3. The summed E-state index contributed by atoms with van der Waals surface area (Å²) in [5.41, 5.74) is 13.4. The molecule has 0 radical (unpaired) electrons. The number of ether oxygens (including phenoxy) is 1. The number of hydrogen-bond acceptors (Lipinski definition) is 5. The van der Waals surface area contributed by atoms with Crippen LogP contribution in [0.3, 0.4) is 0 Å². The highest BCUT2D eigenvalue weighted by atomic mass is 16.5. The van der Waals surface area contributed by atoms with Gasteiger partial charge in [-0.05, 0) is 120 Å². The third kappa shape index (κ3) is 7.05. The molecule has 2 aliphatic heterocycles. The number of anilines is 9. The molecule has 59 heavy (non-hydrogen) atoms. The van der Waals surface area contributed by atoms with Crippen molar-refractivity contribution in [2.45, 2.75) is 78.7 Å². The van der Waals surface area contributed by atoms with Gasteiger partial charge in [-0.1, -0.05) is 126 Å². The lowest BCUT2D eigenvalue weighted by molar-refractivity contribution is 0.131. The van der Waals surface area contributed by atoms with Crippen molar-refractivity contribution < 1.29 is 4.74 Å². The van der Waals surface area contributed by atoms with Gasteiger partial charge >= 0.3 is 0 Å². The fourth-order valence-corrected chi connectivity index (χ4v) is 8.64. The molecule has 6 aromatic carbocycles. The minimum atomic E-state index is -0.411. The zero-order chi connectivity index (χ0) is 41.3. The Morgan fingerprint density at radius 2 is 0.983 bits per heavy atom. The first-order valence-corrected chi connectivity index (χ1v) is 20.8. The first kappa shape index (κ1) is 38.3. The topological polar surface area (TPSA) is 31.8 Å². The van der Waals surface area contributed by atoms with E-state index in [0.717, 1.165) is 62.7 Å². The molecule has 294 valence electrons. The molecule has 3 heterocycles. The molecule has 0 saturated heterocycles. The Bertz CT molecular complexity index is 2580. The lowest BCUT2D eigenvalue weighted by Crippen LogP contribution is -2.61. The molecule has 0 aliphatic carbocycles. The summed E-state index contributed by atoms with van der Waals surface area (Å²) < 4.78 is 6.78. The van der Waals surface area contributed by atoms with Crippen LogP contribution in [-0.2, 0) is 10.8 Å². The van der Waals surface area contributed by atoms with Gasteiger partial charge in [-0.3, -0.25) is 9.80 Å². The van der Waals surface area contributed by atoms with E-state index in [-0.39, 0.29) is 17.5 Å². The van der Waals surface area contributed by atoms with Crippen LogP contribution in [0.1, 0.15) is 73.4 Å². The van der Waals surface area contributed by atoms with Gasteiger partial charge in [0.05, 0.1) is 0 Å². The van der Waals surface area contributed by atoms with Gasteiger partial charge in [0.15, 0.2) is 0 Å². The minimum absolute atomic E-state index is 0.0339. The fraction of sp³-hybridized carbons (Fsp3) is 0.226. The Labute approximate surface area is 351 Å². The molecule has 6 heteroatoms. The molecule has 9 rings (SSSR count). The molecule has 0 unspecified atom stereocenters. The van der Waals surface area contributed by atoms with Gasteiger partial charge in [0.2, 0.25) is 0 Å². The maximum absolute atomic E-state index is 6.78. The van der Waals surface area contributed by atoms with E-state index in [1.165, 1.54) is 22.1 Å². The molecule has 0 amide bonds. The summed E-state index contributed by atoms with van der Waals surface area (Å²) in [4.78, 5) is 12.8. The molecule has 0 spiro atoms. The molecule has 0 bridgehead atoms. The maximum atomic E-state index is 6.78. The number of fused-ring (bicyclic) bond motifs is 4. The normalized spacial score (nSPS) is 13.4. The molecule has 7 aromatic rings. The smallest absolute Gasteiger partial charge is 0.254 e. The SMILES string of the molecule is CC(C)(C)Oc1cc2c3c(c1)N(c1ccccc1)c1nc(N(c4ccc(C(C)(C)C)cc4)c4ccc(C(C)(C)C)cc4)ccc1B3c1ccccc1N2c1ccccc1. The molecule has 0 atom stereocenters.